The van der Waals surface area contributed by atoms with Crippen LogP contribution in [0.4, 0.5) is 0 Å². The highest BCUT2D eigenvalue weighted by Crippen LogP contribution is 2.28. The fraction of sp³-hybridized carbons (Fsp3) is 0.200. The molecule has 2 rings (SSSR count). The zero-order chi connectivity index (χ0) is 13.8. The summed E-state index contributed by atoms with van der Waals surface area (Å²) in [5, 5.41) is 9.23. The summed E-state index contributed by atoms with van der Waals surface area (Å²) in [6.07, 6.45) is 0.857. The molecule has 0 aliphatic rings. The highest BCUT2D eigenvalue weighted by atomic mass is 127. The average Bonchev–Trinajstić information content (AvgIpc) is 2.34. The number of rotatable bonds is 4. The molecule has 1 atom stereocenters. The van der Waals surface area contributed by atoms with Gasteiger partial charge in [0.15, 0.2) is 0 Å². The van der Waals surface area contributed by atoms with Crippen LogP contribution < -0.4 is 10.5 Å². The van der Waals surface area contributed by atoms with Crippen molar-refractivity contribution in [3.05, 3.63) is 51.6 Å². The number of halogens is 1. The number of hydrogen-bond donors (Lipinski definition) is 2. The maximum Gasteiger partial charge on any atom is 0.140 e. The van der Waals surface area contributed by atoms with Crippen LogP contribution in [-0.4, -0.2) is 11.1 Å². The van der Waals surface area contributed by atoms with Crippen molar-refractivity contribution in [2.24, 2.45) is 5.73 Å². The second kappa shape index (κ2) is 6.25. The van der Waals surface area contributed by atoms with Gasteiger partial charge >= 0.3 is 0 Å². The summed E-state index contributed by atoms with van der Waals surface area (Å²) in [5.74, 6) is 1.74. The molecule has 0 unspecified atom stereocenters. The zero-order valence-corrected chi connectivity index (χ0v) is 12.8. The van der Waals surface area contributed by atoms with Crippen molar-refractivity contribution >= 4 is 22.6 Å². The Labute approximate surface area is 126 Å². The van der Waals surface area contributed by atoms with E-state index in [1.54, 1.807) is 24.3 Å². The van der Waals surface area contributed by atoms with Gasteiger partial charge in [-0.2, -0.15) is 0 Å². The molecule has 0 saturated carbocycles. The Kier molecular flexibility index (Phi) is 4.66. The van der Waals surface area contributed by atoms with Gasteiger partial charge in [0, 0.05) is 6.04 Å². The Morgan fingerprint density at radius 3 is 2.47 bits per heavy atom. The lowest BCUT2D eigenvalue weighted by Gasteiger charge is -2.10. The van der Waals surface area contributed by atoms with E-state index < -0.39 is 0 Å². The molecule has 0 saturated heterocycles. The summed E-state index contributed by atoms with van der Waals surface area (Å²) in [6, 6.07) is 12.9. The minimum Gasteiger partial charge on any atom is -0.508 e. The van der Waals surface area contributed by atoms with E-state index >= 15 is 0 Å². The van der Waals surface area contributed by atoms with Crippen molar-refractivity contribution in [1.82, 2.24) is 0 Å². The number of phenolic OH excluding ortho intramolecular Hbond substituents is 1. The molecular formula is C15H16INO2. The lowest BCUT2D eigenvalue weighted by molar-refractivity contribution is 0.463. The Hall–Kier alpha value is -1.27. The van der Waals surface area contributed by atoms with Crippen LogP contribution in [0.15, 0.2) is 42.5 Å². The lowest BCUT2D eigenvalue weighted by Crippen LogP contribution is -2.17. The van der Waals surface area contributed by atoms with Gasteiger partial charge in [-0.15, -0.1) is 0 Å². The molecule has 0 bridgehead atoms. The van der Waals surface area contributed by atoms with E-state index in [1.807, 2.05) is 19.1 Å². The first kappa shape index (κ1) is 14.1. The summed E-state index contributed by atoms with van der Waals surface area (Å²) in [6.45, 7) is 1.99. The highest BCUT2D eigenvalue weighted by molar-refractivity contribution is 14.1. The maximum atomic E-state index is 9.23. The molecule has 0 spiro atoms. The number of nitrogens with two attached hydrogens (primary N) is 1. The first-order chi connectivity index (χ1) is 9.04. The molecule has 2 aromatic carbocycles. The Balaban J connectivity index is 2.15. The smallest absolute Gasteiger partial charge is 0.140 e. The molecule has 3 nitrogen and oxygen atoms in total. The molecule has 0 aliphatic carbocycles. The molecule has 19 heavy (non-hydrogen) atoms. The molecule has 3 N–H and O–H groups in total. The van der Waals surface area contributed by atoms with Crippen LogP contribution in [0.25, 0.3) is 0 Å². The third kappa shape index (κ3) is 4.11. The molecule has 0 fully saturated rings. The van der Waals surface area contributed by atoms with Gasteiger partial charge < -0.3 is 15.6 Å². The molecule has 2 aromatic rings. The van der Waals surface area contributed by atoms with E-state index in [1.165, 1.54) is 5.56 Å². The molecule has 0 radical (unpaired) electrons. The molecule has 0 aromatic heterocycles. The Morgan fingerprint density at radius 2 is 1.89 bits per heavy atom. The molecule has 0 heterocycles. The standard InChI is InChI=1S/C15H16INO2/c1-10(17)8-11-2-7-15(14(16)9-11)19-13-5-3-12(18)4-6-13/h2-7,9-10,18H,8,17H2,1H3/t10-/m0/s1. The third-order valence-corrected chi connectivity index (χ3v) is 3.46. The molecular weight excluding hydrogens is 353 g/mol. The van der Waals surface area contributed by atoms with Gasteiger partial charge in [0.1, 0.15) is 17.2 Å². The summed E-state index contributed by atoms with van der Waals surface area (Å²) in [4.78, 5) is 0. The van der Waals surface area contributed by atoms with Crippen LogP contribution in [0.2, 0.25) is 0 Å². The number of benzene rings is 2. The van der Waals surface area contributed by atoms with Crippen LogP contribution in [0, 0.1) is 3.57 Å². The first-order valence-electron chi connectivity index (χ1n) is 6.05. The van der Waals surface area contributed by atoms with E-state index in [0.717, 1.165) is 15.7 Å². The number of ether oxygens (including phenoxy) is 1. The van der Waals surface area contributed by atoms with Crippen molar-refractivity contribution in [2.75, 3.05) is 0 Å². The largest absolute Gasteiger partial charge is 0.508 e. The van der Waals surface area contributed by atoms with Gasteiger partial charge in [0.25, 0.3) is 0 Å². The van der Waals surface area contributed by atoms with E-state index in [4.69, 9.17) is 10.5 Å². The van der Waals surface area contributed by atoms with Gasteiger partial charge in [0.2, 0.25) is 0 Å². The van der Waals surface area contributed by atoms with Gasteiger partial charge in [0.05, 0.1) is 3.57 Å². The number of hydrogen-bond acceptors (Lipinski definition) is 3. The topological polar surface area (TPSA) is 55.5 Å². The summed E-state index contributed by atoms with van der Waals surface area (Å²) in [5.41, 5.74) is 7.00. The molecule has 0 amide bonds. The van der Waals surface area contributed by atoms with Crippen LogP contribution in [0.5, 0.6) is 17.2 Å². The lowest BCUT2D eigenvalue weighted by atomic mass is 10.1. The minimum atomic E-state index is 0.152. The number of phenols is 1. The molecule has 4 heteroatoms. The van der Waals surface area contributed by atoms with Crippen molar-refractivity contribution < 1.29 is 9.84 Å². The average molecular weight is 369 g/mol. The fourth-order valence-electron chi connectivity index (χ4n) is 1.77. The van der Waals surface area contributed by atoms with Crippen molar-refractivity contribution in [3.8, 4) is 17.2 Å². The van der Waals surface area contributed by atoms with E-state index in [9.17, 15) is 5.11 Å². The summed E-state index contributed by atoms with van der Waals surface area (Å²) < 4.78 is 6.82. The molecule has 0 aliphatic heterocycles. The minimum absolute atomic E-state index is 0.152. The second-order valence-electron chi connectivity index (χ2n) is 4.54. The fourth-order valence-corrected chi connectivity index (χ4v) is 2.46. The van der Waals surface area contributed by atoms with E-state index in [2.05, 4.69) is 28.7 Å². The van der Waals surface area contributed by atoms with E-state index in [-0.39, 0.29) is 11.8 Å². The predicted octanol–water partition coefficient (Wildman–Crippen LogP) is 3.68. The second-order valence-corrected chi connectivity index (χ2v) is 5.70. The first-order valence-corrected chi connectivity index (χ1v) is 7.13. The Morgan fingerprint density at radius 1 is 1.21 bits per heavy atom. The van der Waals surface area contributed by atoms with Crippen molar-refractivity contribution in [3.63, 3.8) is 0 Å². The quantitative estimate of drug-likeness (QED) is 0.809. The zero-order valence-electron chi connectivity index (χ0n) is 10.6. The maximum absolute atomic E-state index is 9.23. The molecule has 100 valence electrons. The summed E-state index contributed by atoms with van der Waals surface area (Å²) >= 11 is 2.25. The van der Waals surface area contributed by atoms with Gasteiger partial charge in [-0.3, -0.25) is 0 Å². The summed E-state index contributed by atoms with van der Waals surface area (Å²) in [7, 11) is 0. The monoisotopic (exact) mass is 369 g/mol. The normalized spacial score (nSPS) is 12.2. The number of aromatic hydroxyl groups is 1. The SMILES string of the molecule is C[C@H](N)Cc1ccc(Oc2ccc(O)cc2)c(I)c1. The van der Waals surface area contributed by atoms with E-state index in [0.29, 0.717) is 5.75 Å². The van der Waals surface area contributed by atoms with Crippen LogP contribution in [0.3, 0.4) is 0 Å². The van der Waals surface area contributed by atoms with Gasteiger partial charge in [-0.25, -0.2) is 0 Å². The van der Waals surface area contributed by atoms with Gasteiger partial charge in [-0.05, 0) is 77.9 Å². The van der Waals surface area contributed by atoms with Crippen molar-refractivity contribution in [2.45, 2.75) is 19.4 Å². The highest BCUT2D eigenvalue weighted by Gasteiger charge is 2.05. The van der Waals surface area contributed by atoms with Crippen LogP contribution in [-0.2, 0) is 6.42 Å². The Bertz CT molecular complexity index is 553. The predicted molar refractivity (Wildman–Crippen MR) is 84.7 cm³/mol. The van der Waals surface area contributed by atoms with Crippen LogP contribution >= 0.6 is 22.6 Å². The van der Waals surface area contributed by atoms with Gasteiger partial charge in [-0.1, -0.05) is 6.07 Å². The third-order valence-electron chi connectivity index (χ3n) is 2.62. The van der Waals surface area contributed by atoms with Crippen molar-refractivity contribution in [1.29, 1.82) is 0 Å². The van der Waals surface area contributed by atoms with Crippen LogP contribution in [0.1, 0.15) is 12.5 Å².